The lowest BCUT2D eigenvalue weighted by Gasteiger charge is -2.04. The van der Waals surface area contributed by atoms with Crippen molar-refractivity contribution in [2.75, 3.05) is 0 Å². The minimum absolute atomic E-state index is 0.189. The molecule has 0 amide bonds. The van der Waals surface area contributed by atoms with Crippen molar-refractivity contribution in [3.8, 4) is 0 Å². The molecule has 4 rings (SSSR count). The van der Waals surface area contributed by atoms with Crippen LogP contribution in [0.25, 0.3) is 22.1 Å². The molecule has 21 heavy (non-hydrogen) atoms. The van der Waals surface area contributed by atoms with Crippen LogP contribution >= 0.6 is 11.6 Å². The van der Waals surface area contributed by atoms with Gasteiger partial charge in [0.05, 0.1) is 18.3 Å². The zero-order chi connectivity index (χ0) is 14.2. The van der Waals surface area contributed by atoms with Crippen molar-refractivity contribution in [1.29, 1.82) is 0 Å². The second-order valence-electron chi connectivity index (χ2n) is 4.63. The monoisotopic (exact) mass is 296 g/mol. The third kappa shape index (κ3) is 2.19. The number of rotatable bonds is 2. The van der Waals surface area contributed by atoms with E-state index in [4.69, 9.17) is 11.6 Å². The summed E-state index contributed by atoms with van der Waals surface area (Å²) in [5.41, 5.74) is 3.32. The van der Waals surface area contributed by atoms with E-state index in [0.29, 0.717) is 17.7 Å². The highest BCUT2D eigenvalue weighted by molar-refractivity contribution is 6.28. The van der Waals surface area contributed by atoms with Gasteiger partial charge in [-0.25, -0.2) is 9.67 Å². The van der Waals surface area contributed by atoms with Gasteiger partial charge in [0.1, 0.15) is 0 Å². The highest BCUT2D eigenvalue weighted by atomic mass is 35.5. The van der Waals surface area contributed by atoms with Gasteiger partial charge >= 0.3 is 0 Å². The number of pyridine rings is 1. The maximum absolute atomic E-state index is 5.83. The molecular formula is C14H9ClN6. The maximum Gasteiger partial charge on any atom is 0.224 e. The summed E-state index contributed by atoms with van der Waals surface area (Å²) in [5.74, 6) is 0. The molecule has 0 radical (unpaired) electrons. The fraction of sp³-hybridized carbons (Fsp3) is 0.0714. The Hall–Kier alpha value is -2.60. The van der Waals surface area contributed by atoms with Gasteiger partial charge in [-0.3, -0.25) is 4.98 Å². The number of benzene rings is 1. The second kappa shape index (κ2) is 4.75. The Kier molecular flexibility index (Phi) is 2.75. The molecule has 0 atom stereocenters. The normalized spacial score (nSPS) is 11.3. The Morgan fingerprint density at radius 2 is 2.05 bits per heavy atom. The van der Waals surface area contributed by atoms with Gasteiger partial charge in [-0.15, -0.1) is 5.10 Å². The molecule has 3 heterocycles. The first kappa shape index (κ1) is 12.2. The molecule has 3 aromatic heterocycles. The van der Waals surface area contributed by atoms with Crippen LogP contribution in [-0.2, 0) is 6.54 Å². The molecule has 4 aromatic rings. The number of aromatic nitrogens is 6. The van der Waals surface area contributed by atoms with Crippen molar-refractivity contribution >= 4 is 33.7 Å². The van der Waals surface area contributed by atoms with E-state index in [-0.39, 0.29) is 5.28 Å². The molecule has 6 nitrogen and oxygen atoms in total. The van der Waals surface area contributed by atoms with Crippen LogP contribution in [0.2, 0.25) is 5.28 Å². The van der Waals surface area contributed by atoms with Crippen molar-refractivity contribution in [3.63, 3.8) is 0 Å². The lowest BCUT2D eigenvalue weighted by Crippen LogP contribution is -2.03. The number of hydrogen-bond donors (Lipinski definition) is 0. The number of halogens is 1. The summed E-state index contributed by atoms with van der Waals surface area (Å²) in [6, 6.07) is 10.0. The van der Waals surface area contributed by atoms with E-state index >= 15 is 0 Å². The number of hydrogen-bond acceptors (Lipinski definition) is 5. The first-order valence-corrected chi connectivity index (χ1v) is 6.73. The Balaban J connectivity index is 1.77. The van der Waals surface area contributed by atoms with E-state index in [1.165, 1.54) is 0 Å². The highest BCUT2D eigenvalue weighted by Crippen LogP contribution is 2.16. The summed E-state index contributed by atoms with van der Waals surface area (Å²) in [7, 11) is 0. The van der Waals surface area contributed by atoms with Gasteiger partial charge in [0.2, 0.25) is 5.28 Å². The molecule has 0 aliphatic carbocycles. The fourth-order valence-corrected chi connectivity index (χ4v) is 2.38. The third-order valence-corrected chi connectivity index (χ3v) is 3.41. The van der Waals surface area contributed by atoms with Gasteiger partial charge in [0, 0.05) is 11.6 Å². The molecule has 0 unspecified atom stereocenters. The van der Waals surface area contributed by atoms with Gasteiger partial charge in [0.25, 0.3) is 0 Å². The molecule has 102 valence electrons. The minimum Gasteiger partial charge on any atom is -0.256 e. The van der Waals surface area contributed by atoms with E-state index in [1.807, 2.05) is 24.3 Å². The zero-order valence-corrected chi connectivity index (χ0v) is 11.6. The second-order valence-corrected chi connectivity index (χ2v) is 4.96. The molecule has 0 bridgehead atoms. The average molecular weight is 297 g/mol. The summed E-state index contributed by atoms with van der Waals surface area (Å²) < 4.78 is 1.71. The Morgan fingerprint density at radius 1 is 1.10 bits per heavy atom. The van der Waals surface area contributed by atoms with E-state index in [2.05, 4.69) is 31.3 Å². The summed E-state index contributed by atoms with van der Waals surface area (Å²) in [4.78, 5) is 12.4. The molecule has 0 N–H and O–H groups in total. The first-order chi connectivity index (χ1) is 10.3. The molecular weight excluding hydrogens is 288 g/mol. The Labute approximate surface area is 124 Å². The van der Waals surface area contributed by atoms with Gasteiger partial charge in [0.15, 0.2) is 11.2 Å². The minimum atomic E-state index is 0.189. The predicted octanol–water partition coefficient (Wildman–Crippen LogP) is 2.47. The Bertz CT molecular complexity index is 948. The van der Waals surface area contributed by atoms with Gasteiger partial charge in [-0.05, 0) is 35.4 Å². The highest BCUT2D eigenvalue weighted by Gasteiger charge is 2.08. The van der Waals surface area contributed by atoms with Crippen molar-refractivity contribution in [2.24, 2.45) is 0 Å². The SMILES string of the molecule is Clc1ncc2nnn(Cc3ccc4ncccc4c3)c2n1. The number of fused-ring (bicyclic) bond motifs is 2. The fourth-order valence-electron chi connectivity index (χ4n) is 2.25. The van der Waals surface area contributed by atoms with Crippen molar-refractivity contribution < 1.29 is 0 Å². The molecule has 0 spiro atoms. The van der Waals surface area contributed by atoms with Crippen LogP contribution in [0.15, 0.2) is 42.7 Å². The zero-order valence-electron chi connectivity index (χ0n) is 10.8. The van der Waals surface area contributed by atoms with Gasteiger partial charge in [-0.2, -0.15) is 4.98 Å². The summed E-state index contributed by atoms with van der Waals surface area (Å²) in [5, 5.41) is 9.42. The topological polar surface area (TPSA) is 69.4 Å². The van der Waals surface area contributed by atoms with Crippen molar-refractivity contribution in [2.45, 2.75) is 6.54 Å². The van der Waals surface area contributed by atoms with E-state index in [1.54, 1.807) is 17.1 Å². The number of nitrogens with zero attached hydrogens (tertiary/aromatic N) is 6. The smallest absolute Gasteiger partial charge is 0.224 e. The van der Waals surface area contributed by atoms with Crippen LogP contribution in [0, 0.1) is 0 Å². The van der Waals surface area contributed by atoms with Gasteiger partial charge < -0.3 is 0 Å². The van der Waals surface area contributed by atoms with Gasteiger partial charge in [-0.1, -0.05) is 17.3 Å². The van der Waals surface area contributed by atoms with Crippen LogP contribution in [0.1, 0.15) is 5.56 Å². The lowest BCUT2D eigenvalue weighted by atomic mass is 10.1. The molecule has 0 saturated carbocycles. The van der Waals surface area contributed by atoms with Crippen LogP contribution in [0.4, 0.5) is 0 Å². The summed E-state index contributed by atoms with van der Waals surface area (Å²) in [6.45, 7) is 0.564. The summed E-state index contributed by atoms with van der Waals surface area (Å²) in [6.07, 6.45) is 3.35. The molecule has 7 heteroatoms. The Morgan fingerprint density at radius 3 is 3.00 bits per heavy atom. The third-order valence-electron chi connectivity index (χ3n) is 3.23. The summed E-state index contributed by atoms with van der Waals surface area (Å²) >= 11 is 5.83. The van der Waals surface area contributed by atoms with Crippen LogP contribution < -0.4 is 0 Å². The average Bonchev–Trinajstić information content (AvgIpc) is 2.89. The standard InChI is InChI=1S/C14H9ClN6/c15-14-17-7-12-13(18-14)21(20-19-12)8-9-3-4-11-10(6-9)2-1-5-16-11/h1-7H,8H2. The van der Waals surface area contributed by atoms with Crippen LogP contribution in [-0.4, -0.2) is 29.9 Å². The molecule has 0 saturated heterocycles. The first-order valence-electron chi connectivity index (χ1n) is 6.35. The van der Waals surface area contributed by atoms with Crippen molar-refractivity contribution in [1.82, 2.24) is 29.9 Å². The van der Waals surface area contributed by atoms with E-state index in [9.17, 15) is 0 Å². The molecule has 0 aliphatic rings. The predicted molar refractivity (Wildman–Crippen MR) is 79.0 cm³/mol. The van der Waals surface area contributed by atoms with E-state index in [0.717, 1.165) is 16.5 Å². The molecule has 0 aliphatic heterocycles. The molecule has 0 fully saturated rings. The molecule has 1 aromatic carbocycles. The van der Waals surface area contributed by atoms with Crippen LogP contribution in [0.3, 0.4) is 0 Å². The van der Waals surface area contributed by atoms with E-state index < -0.39 is 0 Å². The van der Waals surface area contributed by atoms with Crippen molar-refractivity contribution in [3.05, 3.63) is 53.6 Å². The lowest BCUT2D eigenvalue weighted by molar-refractivity contribution is 0.664. The quantitative estimate of drug-likeness (QED) is 0.532. The maximum atomic E-state index is 5.83. The van der Waals surface area contributed by atoms with Crippen LogP contribution in [0.5, 0.6) is 0 Å². The largest absolute Gasteiger partial charge is 0.256 e.